The molecule has 96 valence electrons. The smallest absolute Gasteiger partial charge is 0.365 e. The molecule has 0 saturated carbocycles. The zero-order valence-corrected chi connectivity index (χ0v) is 9.31. The van der Waals surface area contributed by atoms with E-state index in [0.29, 0.717) is 18.8 Å². The Bertz CT molecular complexity index is 469. The molecule has 1 aliphatic heterocycles. The lowest BCUT2D eigenvalue weighted by Gasteiger charge is -2.31. The summed E-state index contributed by atoms with van der Waals surface area (Å²) in [6, 6.07) is 4.43. The Kier molecular flexibility index (Phi) is 3.39. The molecule has 0 amide bonds. The first-order valence-corrected chi connectivity index (χ1v) is 5.30. The lowest BCUT2D eigenvalue weighted by Crippen LogP contribution is -2.41. The third-order valence-corrected chi connectivity index (χ3v) is 2.61. The fourth-order valence-electron chi connectivity index (χ4n) is 1.73. The van der Waals surface area contributed by atoms with Crippen LogP contribution in [0.25, 0.3) is 0 Å². The van der Waals surface area contributed by atoms with Crippen molar-refractivity contribution in [1.82, 2.24) is 4.98 Å². The predicted molar refractivity (Wildman–Crippen MR) is 56.8 cm³/mol. The van der Waals surface area contributed by atoms with Gasteiger partial charge in [0.05, 0.1) is 19.2 Å². The molecule has 1 fully saturated rings. The molecule has 0 aromatic carbocycles. The molecule has 7 heteroatoms. The molecule has 0 bridgehead atoms. The van der Waals surface area contributed by atoms with Crippen molar-refractivity contribution in [3.05, 3.63) is 24.0 Å². The number of morpholine rings is 1. The number of hydrogen-bond acceptors (Lipinski definition) is 4. The van der Waals surface area contributed by atoms with Crippen LogP contribution in [0.1, 0.15) is 5.69 Å². The number of ether oxygens (including phenoxy) is 1. The van der Waals surface area contributed by atoms with Crippen LogP contribution in [-0.4, -0.2) is 30.8 Å². The summed E-state index contributed by atoms with van der Waals surface area (Å²) < 4.78 is 42.7. The molecule has 0 radical (unpaired) electrons. The SMILES string of the molecule is N#CC1CN(c2ccnc(C(F)(F)F)c2)CCO1. The summed E-state index contributed by atoms with van der Waals surface area (Å²) in [6.45, 7) is 1.04. The molecule has 18 heavy (non-hydrogen) atoms. The van der Waals surface area contributed by atoms with Crippen molar-refractivity contribution in [2.75, 3.05) is 24.6 Å². The first-order valence-electron chi connectivity index (χ1n) is 5.30. The van der Waals surface area contributed by atoms with Crippen molar-refractivity contribution < 1.29 is 17.9 Å². The average Bonchev–Trinajstić information content (AvgIpc) is 2.38. The Morgan fingerprint density at radius 3 is 2.94 bits per heavy atom. The quantitative estimate of drug-likeness (QED) is 0.770. The zero-order chi connectivity index (χ0) is 13.2. The van der Waals surface area contributed by atoms with Gasteiger partial charge < -0.3 is 9.64 Å². The Hall–Kier alpha value is -1.81. The van der Waals surface area contributed by atoms with Crippen LogP contribution in [0, 0.1) is 11.3 Å². The minimum atomic E-state index is -4.46. The lowest BCUT2D eigenvalue weighted by molar-refractivity contribution is -0.141. The van der Waals surface area contributed by atoms with Crippen molar-refractivity contribution in [3.63, 3.8) is 0 Å². The second kappa shape index (κ2) is 4.82. The molecule has 1 aliphatic rings. The van der Waals surface area contributed by atoms with E-state index in [1.165, 1.54) is 6.07 Å². The van der Waals surface area contributed by atoms with Crippen LogP contribution in [0.4, 0.5) is 18.9 Å². The summed E-state index contributed by atoms with van der Waals surface area (Å²) in [5.41, 5.74) is -0.527. The largest absolute Gasteiger partial charge is 0.433 e. The Morgan fingerprint density at radius 1 is 1.50 bits per heavy atom. The fraction of sp³-hybridized carbons (Fsp3) is 0.455. The van der Waals surface area contributed by atoms with Crippen molar-refractivity contribution in [1.29, 1.82) is 5.26 Å². The second-order valence-corrected chi connectivity index (χ2v) is 3.83. The van der Waals surface area contributed by atoms with E-state index in [4.69, 9.17) is 10.00 Å². The highest BCUT2D eigenvalue weighted by Gasteiger charge is 2.33. The van der Waals surface area contributed by atoms with Crippen molar-refractivity contribution in [3.8, 4) is 6.07 Å². The lowest BCUT2D eigenvalue weighted by atomic mass is 10.2. The Labute approximate surface area is 102 Å². The van der Waals surface area contributed by atoms with Gasteiger partial charge in [0.15, 0.2) is 6.10 Å². The van der Waals surface area contributed by atoms with Gasteiger partial charge in [0, 0.05) is 18.4 Å². The van der Waals surface area contributed by atoms with E-state index in [0.717, 1.165) is 12.3 Å². The van der Waals surface area contributed by atoms with Crippen molar-refractivity contribution >= 4 is 5.69 Å². The van der Waals surface area contributed by atoms with E-state index < -0.39 is 18.0 Å². The van der Waals surface area contributed by atoms with Gasteiger partial charge in [-0.15, -0.1) is 0 Å². The van der Waals surface area contributed by atoms with E-state index in [1.54, 1.807) is 4.90 Å². The number of rotatable bonds is 1. The van der Waals surface area contributed by atoms with Gasteiger partial charge in [-0.05, 0) is 12.1 Å². The van der Waals surface area contributed by atoms with Gasteiger partial charge in [-0.2, -0.15) is 18.4 Å². The van der Waals surface area contributed by atoms with E-state index in [-0.39, 0.29) is 6.54 Å². The molecule has 1 unspecified atom stereocenters. The monoisotopic (exact) mass is 257 g/mol. The van der Waals surface area contributed by atoms with Crippen LogP contribution >= 0.6 is 0 Å². The number of nitrogens with zero attached hydrogens (tertiary/aromatic N) is 3. The third kappa shape index (κ3) is 2.71. The normalized spacial score (nSPS) is 20.6. The molecule has 4 nitrogen and oxygen atoms in total. The number of anilines is 1. The fourth-order valence-corrected chi connectivity index (χ4v) is 1.73. The van der Waals surface area contributed by atoms with E-state index >= 15 is 0 Å². The first-order chi connectivity index (χ1) is 8.50. The summed E-state index contributed by atoms with van der Waals surface area (Å²) >= 11 is 0. The Balaban J connectivity index is 2.21. The van der Waals surface area contributed by atoms with Crippen LogP contribution in [0.15, 0.2) is 18.3 Å². The maximum atomic E-state index is 12.5. The standard InChI is InChI=1S/C11H10F3N3O/c12-11(13,14)10-5-8(1-2-16-10)17-3-4-18-9(6-15)7-17/h1-2,5,9H,3-4,7H2. The number of alkyl halides is 3. The molecule has 2 heterocycles. The van der Waals surface area contributed by atoms with Gasteiger partial charge in [-0.25, -0.2) is 0 Å². The molecule has 1 atom stereocenters. The molecule has 1 saturated heterocycles. The summed E-state index contributed by atoms with van der Waals surface area (Å²) in [4.78, 5) is 4.99. The highest BCUT2D eigenvalue weighted by atomic mass is 19.4. The molecule has 0 N–H and O–H groups in total. The summed E-state index contributed by atoms with van der Waals surface area (Å²) in [6.07, 6.45) is -3.95. The van der Waals surface area contributed by atoms with E-state index in [9.17, 15) is 13.2 Å². The third-order valence-electron chi connectivity index (χ3n) is 2.61. The zero-order valence-electron chi connectivity index (χ0n) is 9.31. The van der Waals surface area contributed by atoms with Crippen LogP contribution in [0.3, 0.4) is 0 Å². The highest BCUT2D eigenvalue weighted by Crippen LogP contribution is 2.30. The van der Waals surface area contributed by atoms with Gasteiger partial charge in [0.1, 0.15) is 5.69 Å². The highest BCUT2D eigenvalue weighted by molar-refractivity contribution is 5.47. The van der Waals surface area contributed by atoms with Gasteiger partial charge in [0.25, 0.3) is 0 Å². The van der Waals surface area contributed by atoms with Crippen LogP contribution in [-0.2, 0) is 10.9 Å². The van der Waals surface area contributed by atoms with Crippen molar-refractivity contribution in [2.24, 2.45) is 0 Å². The molecule has 1 aromatic rings. The molecule has 1 aromatic heterocycles. The maximum Gasteiger partial charge on any atom is 0.433 e. The van der Waals surface area contributed by atoms with Gasteiger partial charge >= 0.3 is 6.18 Å². The van der Waals surface area contributed by atoms with Gasteiger partial charge in [-0.1, -0.05) is 0 Å². The summed E-state index contributed by atoms with van der Waals surface area (Å²) in [7, 11) is 0. The van der Waals surface area contributed by atoms with E-state index in [1.807, 2.05) is 6.07 Å². The average molecular weight is 257 g/mol. The number of pyridine rings is 1. The minimum absolute atomic E-state index is 0.262. The first kappa shape index (κ1) is 12.6. The maximum absolute atomic E-state index is 12.5. The summed E-state index contributed by atoms with van der Waals surface area (Å²) in [5.74, 6) is 0. The summed E-state index contributed by atoms with van der Waals surface area (Å²) in [5, 5.41) is 8.75. The number of halogens is 3. The van der Waals surface area contributed by atoms with Gasteiger partial charge in [0.2, 0.25) is 0 Å². The Morgan fingerprint density at radius 2 is 2.28 bits per heavy atom. The van der Waals surface area contributed by atoms with Crippen molar-refractivity contribution in [2.45, 2.75) is 12.3 Å². The van der Waals surface area contributed by atoms with Crippen LogP contribution < -0.4 is 4.90 Å². The molecular weight excluding hydrogens is 247 g/mol. The molecule has 0 aliphatic carbocycles. The topological polar surface area (TPSA) is 49.2 Å². The second-order valence-electron chi connectivity index (χ2n) is 3.83. The molecular formula is C11H10F3N3O. The predicted octanol–water partition coefficient (Wildman–Crippen LogP) is 1.83. The van der Waals surface area contributed by atoms with Crippen LogP contribution in [0.5, 0.6) is 0 Å². The minimum Gasteiger partial charge on any atom is -0.365 e. The molecule has 0 spiro atoms. The molecule has 2 rings (SSSR count). The number of aromatic nitrogens is 1. The van der Waals surface area contributed by atoms with Crippen LogP contribution in [0.2, 0.25) is 0 Å². The van der Waals surface area contributed by atoms with Gasteiger partial charge in [-0.3, -0.25) is 4.98 Å². The number of hydrogen-bond donors (Lipinski definition) is 0. The van der Waals surface area contributed by atoms with E-state index in [2.05, 4.69) is 4.98 Å². The number of nitriles is 1.